The van der Waals surface area contributed by atoms with Gasteiger partial charge in [0, 0.05) is 12.5 Å². The largest absolute Gasteiger partial charge is 0.380 e. The molecule has 0 saturated heterocycles. The third kappa shape index (κ3) is 4.24. The number of rotatable bonds is 6. The molecule has 0 saturated carbocycles. The van der Waals surface area contributed by atoms with E-state index in [9.17, 15) is 8.78 Å². The van der Waals surface area contributed by atoms with Crippen molar-refractivity contribution >= 4 is 10.8 Å². The van der Waals surface area contributed by atoms with Crippen LogP contribution < -0.4 is 0 Å². The lowest BCUT2D eigenvalue weighted by molar-refractivity contribution is 0.185. The minimum atomic E-state index is -0.880. The molecule has 0 heterocycles. The van der Waals surface area contributed by atoms with E-state index in [1.54, 1.807) is 19.2 Å². The van der Waals surface area contributed by atoms with Gasteiger partial charge in [-0.2, -0.15) is 0 Å². The second kappa shape index (κ2) is 8.72. The van der Waals surface area contributed by atoms with E-state index in [0.29, 0.717) is 36.0 Å². The van der Waals surface area contributed by atoms with Gasteiger partial charge in [0.25, 0.3) is 0 Å². The predicted molar refractivity (Wildman–Crippen MR) is 114 cm³/mol. The molecule has 1 nitrogen and oxygen atoms in total. The fraction of sp³-hybridized carbons (Fsp3) is 0.154. The van der Waals surface area contributed by atoms with E-state index in [2.05, 4.69) is 0 Å². The highest BCUT2D eigenvalue weighted by atomic mass is 19.2. The predicted octanol–water partition coefficient (Wildman–Crippen LogP) is 6.86. The highest BCUT2D eigenvalue weighted by molar-refractivity contribution is 5.88. The first kappa shape index (κ1) is 20.2. The number of aryl methyl sites for hydroxylation is 2. The first-order valence-corrected chi connectivity index (χ1v) is 9.78. The maximum absolute atomic E-state index is 15.0. The number of fused-ring (bicyclic) bond motifs is 1. The lowest BCUT2D eigenvalue weighted by Crippen LogP contribution is -1.97. The fourth-order valence-electron chi connectivity index (χ4n) is 3.64. The molecule has 152 valence electrons. The van der Waals surface area contributed by atoms with E-state index in [4.69, 9.17) is 4.74 Å². The van der Waals surface area contributed by atoms with Crippen LogP contribution in [0, 0.1) is 17.5 Å². The van der Waals surface area contributed by atoms with Crippen molar-refractivity contribution in [3.63, 3.8) is 0 Å². The van der Waals surface area contributed by atoms with Crippen molar-refractivity contribution < 1.29 is 17.9 Å². The van der Waals surface area contributed by atoms with Gasteiger partial charge in [-0.15, -0.1) is 0 Å². The number of halogens is 3. The van der Waals surface area contributed by atoms with Crippen molar-refractivity contribution in [2.45, 2.75) is 19.4 Å². The summed E-state index contributed by atoms with van der Waals surface area (Å²) in [6.07, 6.45) is 0.848. The zero-order valence-electron chi connectivity index (χ0n) is 16.6. The normalized spacial score (nSPS) is 11.2. The van der Waals surface area contributed by atoms with Crippen LogP contribution in [0.3, 0.4) is 0 Å². The standard InChI is InChI=1S/C26H21F3O/c1-30-16-18-3-6-19(7-4-18)21-11-12-23-22(15-21)10-9-20(26(23)29)8-2-17-5-13-24(27)25(28)14-17/h3-7,9-15H,2,8,16H2,1H3. The van der Waals surface area contributed by atoms with Gasteiger partial charge in [-0.1, -0.05) is 54.6 Å². The van der Waals surface area contributed by atoms with Crippen LogP contribution in [-0.4, -0.2) is 7.11 Å². The summed E-state index contributed by atoms with van der Waals surface area (Å²) in [6, 6.07) is 21.2. The molecule has 0 bridgehead atoms. The maximum atomic E-state index is 15.0. The Labute approximate surface area is 173 Å². The number of ether oxygens (including phenoxy) is 1. The van der Waals surface area contributed by atoms with Gasteiger partial charge in [-0.25, -0.2) is 13.2 Å². The Hall–Kier alpha value is -3.11. The monoisotopic (exact) mass is 406 g/mol. The number of methoxy groups -OCH3 is 1. The molecule has 0 aliphatic heterocycles. The number of hydrogen-bond acceptors (Lipinski definition) is 1. The van der Waals surface area contributed by atoms with Gasteiger partial charge >= 0.3 is 0 Å². The van der Waals surface area contributed by atoms with E-state index >= 15 is 4.39 Å². The van der Waals surface area contributed by atoms with Crippen molar-refractivity contribution in [2.75, 3.05) is 7.11 Å². The van der Waals surface area contributed by atoms with Crippen LogP contribution in [0.2, 0.25) is 0 Å². The molecule has 0 radical (unpaired) electrons. The molecule has 0 N–H and O–H groups in total. The molecule has 4 heteroatoms. The Morgan fingerprint density at radius 3 is 2.13 bits per heavy atom. The van der Waals surface area contributed by atoms with Crippen molar-refractivity contribution in [3.05, 3.63) is 107 Å². The SMILES string of the molecule is COCc1ccc(-c2ccc3c(F)c(CCc4ccc(F)c(F)c4)ccc3c2)cc1. The Kier molecular flexibility index (Phi) is 5.86. The van der Waals surface area contributed by atoms with E-state index in [-0.39, 0.29) is 5.82 Å². The first-order valence-electron chi connectivity index (χ1n) is 9.78. The maximum Gasteiger partial charge on any atom is 0.159 e. The summed E-state index contributed by atoms with van der Waals surface area (Å²) in [5, 5.41) is 1.38. The molecule has 4 aromatic rings. The summed E-state index contributed by atoms with van der Waals surface area (Å²) in [7, 11) is 1.66. The van der Waals surface area contributed by atoms with Crippen LogP contribution in [0.15, 0.2) is 72.8 Å². The summed E-state index contributed by atoms with van der Waals surface area (Å²) in [6.45, 7) is 0.566. The van der Waals surface area contributed by atoms with E-state index in [1.165, 1.54) is 12.1 Å². The molecule has 0 aliphatic carbocycles. The van der Waals surface area contributed by atoms with Gasteiger partial charge in [0.05, 0.1) is 6.61 Å². The van der Waals surface area contributed by atoms with Crippen molar-refractivity contribution in [1.82, 2.24) is 0 Å². The summed E-state index contributed by atoms with van der Waals surface area (Å²) in [4.78, 5) is 0. The third-order valence-corrected chi connectivity index (χ3v) is 5.30. The highest BCUT2D eigenvalue weighted by Gasteiger charge is 2.10. The lowest BCUT2D eigenvalue weighted by Gasteiger charge is -2.10. The van der Waals surface area contributed by atoms with Gasteiger partial charge in [0.2, 0.25) is 0 Å². The van der Waals surface area contributed by atoms with Gasteiger partial charge < -0.3 is 4.74 Å². The summed E-state index contributed by atoms with van der Waals surface area (Å²) in [5.74, 6) is -2.02. The molecule has 0 aromatic heterocycles. The second-order valence-electron chi connectivity index (χ2n) is 7.35. The Morgan fingerprint density at radius 2 is 1.40 bits per heavy atom. The molecule has 30 heavy (non-hydrogen) atoms. The molecule has 4 aromatic carbocycles. The smallest absolute Gasteiger partial charge is 0.159 e. The van der Waals surface area contributed by atoms with E-state index < -0.39 is 11.6 Å². The van der Waals surface area contributed by atoms with Crippen LogP contribution in [0.5, 0.6) is 0 Å². The Bertz CT molecular complexity index is 1180. The molecular formula is C26H21F3O. The second-order valence-corrected chi connectivity index (χ2v) is 7.35. The molecule has 0 amide bonds. The molecule has 4 rings (SSSR count). The molecule has 0 atom stereocenters. The summed E-state index contributed by atoms with van der Waals surface area (Å²) >= 11 is 0. The molecule has 0 unspecified atom stereocenters. The number of hydrogen-bond donors (Lipinski definition) is 0. The zero-order chi connectivity index (χ0) is 21.1. The quantitative estimate of drug-likeness (QED) is 0.340. The van der Waals surface area contributed by atoms with Crippen LogP contribution in [0.4, 0.5) is 13.2 Å². The van der Waals surface area contributed by atoms with Crippen molar-refractivity contribution in [2.24, 2.45) is 0 Å². The molecular weight excluding hydrogens is 385 g/mol. The minimum absolute atomic E-state index is 0.267. The minimum Gasteiger partial charge on any atom is -0.380 e. The van der Waals surface area contributed by atoms with E-state index in [0.717, 1.165) is 28.1 Å². The van der Waals surface area contributed by atoms with E-state index in [1.807, 2.05) is 42.5 Å². The van der Waals surface area contributed by atoms with Gasteiger partial charge in [0.15, 0.2) is 11.6 Å². The Morgan fingerprint density at radius 1 is 0.667 bits per heavy atom. The summed E-state index contributed by atoms with van der Waals surface area (Å²) in [5.41, 5.74) is 4.36. The average molecular weight is 406 g/mol. The van der Waals surface area contributed by atoms with Gasteiger partial charge in [0.1, 0.15) is 5.82 Å². The topological polar surface area (TPSA) is 9.23 Å². The zero-order valence-corrected chi connectivity index (χ0v) is 16.6. The van der Waals surface area contributed by atoms with Crippen molar-refractivity contribution in [1.29, 1.82) is 0 Å². The van der Waals surface area contributed by atoms with Gasteiger partial charge in [-0.3, -0.25) is 0 Å². The van der Waals surface area contributed by atoms with Crippen molar-refractivity contribution in [3.8, 4) is 11.1 Å². The third-order valence-electron chi connectivity index (χ3n) is 5.30. The highest BCUT2D eigenvalue weighted by Crippen LogP contribution is 2.28. The lowest BCUT2D eigenvalue weighted by atomic mass is 9.97. The van der Waals surface area contributed by atoms with Gasteiger partial charge in [-0.05, 0) is 64.2 Å². The summed E-state index contributed by atoms with van der Waals surface area (Å²) < 4.78 is 46.6. The number of benzene rings is 4. The first-order chi connectivity index (χ1) is 14.5. The molecule has 0 spiro atoms. The van der Waals surface area contributed by atoms with Crippen LogP contribution in [-0.2, 0) is 24.2 Å². The fourth-order valence-corrected chi connectivity index (χ4v) is 3.64. The van der Waals surface area contributed by atoms with Crippen LogP contribution >= 0.6 is 0 Å². The Balaban J connectivity index is 1.56. The van der Waals surface area contributed by atoms with Crippen LogP contribution in [0.1, 0.15) is 16.7 Å². The van der Waals surface area contributed by atoms with Crippen LogP contribution in [0.25, 0.3) is 21.9 Å². The molecule has 0 aliphatic rings. The molecule has 0 fully saturated rings. The average Bonchev–Trinajstić information content (AvgIpc) is 2.76.